The molecule has 0 amide bonds. The molecule has 0 radical (unpaired) electrons. The Kier molecular flexibility index (Phi) is 64.2. The zero-order valence-corrected chi connectivity index (χ0v) is 52.4. The summed E-state index contributed by atoms with van der Waals surface area (Å²) < 4.78 is 16.9. The van der Waals surface area contributed by atoms with Crippen molar-refractivity contribution in [2.45, 2.75) is 348 Å². The van der Waals surface area contributed by atoms with Gasteiger partial charge in [0.05, 0.1) is 0 Å². The number of hydrogen-bond acceptors (Lipinski definition) is 6. The first-order chi connectivity index (χ1) is 39.0. The number of unbranched alkanes of at least 4 members (excludes halogenated alkanes) is 37. The van der Waals surface area contributed by atoms with Gasteiger partial charge >= 0.3 is 17.9 Å². The van der Waals surface area contributed by atoms with Crippen molar-refractivity contribution < 1.29 is 28.6 Å². The van der Waals surface area contributed by atoms with Crippen molar-refractivity contribution >= 4 is 17.9 Å². The predicted octanol–water partition coefficient (Wildman–Crippen LogP) is 23.4. The molecule has 0 N–H and O–H groups in total. The summed E-state index contributed by atoms with van der Waals surface area (Å²) in [7, 11) is 0. The Morgan fingerprint density at radius 2 is 0.494 bits per heavy atom. The van der Waals surface area contributed by atoms with E-state index in [0.29, 0.717) is 19.3 Å². The van der Waals surface area contributed by atoms with Crippen LogP contribution < -0.4 is 0 Å². The van der Waals surface area contributed by atoms with Crippen LogP contribution in [-0.2, 0) is 28.6 Å². The number of rotatable bonds is 62. The quantitative estimate of drug-likeness (QED) is 0.0261. The third kappa shape index (κ3) is 65.3. The molecule has 0 fully saturated rings. The fourth-order valence-corrected chi connectivity index (χ4v) is 9.84. The van der Waals surface area contributed by atoms with E-state index in [1.54, 1.807) is 0 Å². The van der Waals surface area contributed by atoms with E-state index in [1.165, 1.54) is 193 Å². The Hall–Kier alpha value is -3.41. The molecule has 0 aliphatic carbocycles. The summed E-state index contributed by atoms with van der Waals surface area (Å²) in [5.74, 6) is -0.899. The van der Waals surface area contributed by atoms with Crippen LogP contribution in [0.3, 0.4) is 0 Å². The van der Waals surface area contributed by atoms with Gasteiger partial charge in [-0.25, -0.2) is 0 Å². The maximum Gasteiger partial charge on any atom is 0.306 e. The van der Waals surface area contributed by atoms with Gasteiger partial charge in [-0.3, -0.25) is 14.4 Å². The molecule has 0 heterocycles. The molecular weight excluding hydrogens is 973 g/mol. The van der Waals surface area contributed by atoms with E-state index in [0.717, 1.165) is 109 Å². The fourth-order valence-electron chi connectivity index (χ4n) is 9.84. The van der Waals surface area contributed by atoms with E-state index in [1.807, 2.05) is 0 Å². The van der Waals surface area contributed by atoms with Crippen LogP contribution in [0.1, 0.15) is 342 Å². The lowest BCUT2D eigenvalue weighted by atomic mass is 10.0. The molecule has 456 valence electrons. The lowest BCUT2D eigenvalue weighted by Crippen LogP contribution is -2.30. The molecule has 0 spiro atoms. The third-order valence-electron chi connectivity index (χ3n) is 14.9. The largest absolute Gasteiger partial charge is 0.462 e. The van der Waals surface area contributed by atoms with Crippen molar-refractivity contribution in [3.05, 3.63) is 85.1 Å². The van der Waals surface area contributed by atoms with Crippen LogP contribution in [0.2, 0.25) is 0 Å². The molecule has 79 heavy (non-hydrogen) atoms. The minimum absolute atomic E-state index is 0.0829. The van der Waals surface area contributed by atoms with Gasteiger partial charge in [-0.2, -0.15) is 0 Å². The molecule has 0 bridgehead atoms. The Bertz CT molecular complexity index is 1500. The van der Waals surface area contributed by atoms with E-state index in [9.17, 15) is 14.4 Å². The van der Waals surface area contributed by atoms with Crippen LogP contribution in [0.25, 0.3) is 0 Å². The SMILES string of the molecule is CC/C=C\C/C=C\C/C=C\C/C=C\C/C=C\C/C=C\C/C=C\CCCCCC(=O)OCC(COC(=O)CCCCCCCCCCCCCC)OC(=O)CCCCCCCCCCCCCCCCCCCCCCCCCC. The highest BCUT2D eigenvalue weighted by atomic mass is 16.6. The summed E-state index contributed by atoms with van der Waals surface area (Å²) in [6, 6.07) is 0. The van der Waals surface area contributed by atoms with E-state index in [4.69, 9.17) is 14.2 Å². The molecule has 0 aliphatic heterocycles. The smallest absolute Gasteiger partial charge is 0.306 e. The molecule has 6 nitrogen and oxygen atoms in total. The molecule has 1 atom stereocenters. The van der Waals surface area contributed by atoms with Crippen molar-refractivity contribution in [1.82, 2.24) is 0 Å². The highest BCUT2D eigenvalue weighted by molar-refractivity contribution is 5.71. The lowest BCUT2D eigenvalue weighted by molar-refractivity contribution is -0.167. The van der Waals surface area contributed by atoms with Gasteiger partial charge in [0.2, 0.25) is 0 Å². The van der Waals surface area contributed by atoms with Crippen LogP contribution in [0.15, 0.2) is 85.1 Å². The number of carbonyl (C=O) groups excluding carboxylic acids is 3. The zero-order valence-electron chi connectivity index (χ0n) is 52.4. The van der Waals surface area contributed by atoms with Gasteiger partial charge in [0.1, 0.15) is 13.2 Å². The minimum atomic E-state index is -0.789. The first-order valence-electron chi connectivity index (χ1n) is 34.1. The summed E-state index contributed by atoms with van der Waals surface area (Å²) in [4.78, 5) is 38.3. The number of ether oxygens (including phenoxy) is 3. The van der Waals surface area contributed by atoms with E-state index in [-0.39, 0.29) is 31.1 Å². The Labute approximate surface area is 490 Å². The minimum Gasteiger partial charge on any atom is -0.462 e. The summed E-state index contributed by atoms with van der Waals surface area (Å²) in [6.07, 6.45) is 88.9. The van der Waals surface area contributed by atoms with Crippen molar-refractivity contribution in [2.24, 2.45) is 0 Å². The van der Waals surface area contributed by atoms with Crippen molar-refractivity contribution in [3.8, 4) is 0 Å². The number of hydrogen-bond donors (Lipinski definition) is 0. The first-order valence-corrected chi connectivity index (χ1v) is 34.1. The van der Waals surface area contributed by atoms with Gasteiger partial charge in [0.25, 0.3) is 0 Å². The van der Waals surface area contributed by atoms with Crippen molar-refractivity contribution in [1.29, 1.82) is 0 Å². The number of allylic oxidation sites excluding steroid dienone is 14. The molecule has 0 aromatic rings. The highest BCUT2D eigenvalue weighted by Gasteiger charge is 2.19. The molecular formula is C73H128O6. The van der Waals surface area contributed by atoms with Gasteiger partial charge in [0.15, 0.2) is 6.10 Å². The predicted molar refractivity (Wildman–Crippen MR) is 344 cm³/mol. The summed E-state index contributed by atoms with van der Waals surface area (Å²) in [5, 5.41) is 0. The fraction of sp³-hybridized carbons (Fsp3) is 0.767. The molecule has 0 aliphatic rings. The maximum atomic E-state index is 12.9. The molecule has 6 heteroatoms. The molecule has 0 aromatic heterocycles. The summed E-state index contributed by atoms with van der Waals surface area (Å²) >= 11 is 0. The van der Waals surface area contributed by atoms with Gasteiger partial charge in [-0.1, -0.05) is 331 Å². The second-order valence-electron chi connectivity index (χ2n) is 22.7. The standard InChI is InChI=1S/C73H128O6/c1-4-7-10-13-16-19-22-25-27-29-31-33-35-37-39-40-42-44-46-48-51-54-57-60-63-66-72(75)78-69-70(68-77-71(74)65-62-59-56-53-50-24-21-18-15-12-9-6-3)79-73(76)67-64-61-58-55-52-49-47-45-43-41-38-36-34-32-30-28-26-23-20-17-14-11-8-5-2/h7,10,16,19,25,27,31,33,37,39,42,44,48,51,70H,4-6,8-9,11-15,17-18,20-24,26,28-30,32,34-36,38,40-41,43,45-47,49-50,52-69H2,1-3H3/b10-7-,19-16-,27-25-,33-31-,39-37-,44-42-,51-48-. The second kappa shape index (κ2) is 67.1. The van der Waals surface area contributed by atoms with Crippen LogP contribution in [-0.4, -0.2) is 37.2 Å². The monoisotopic (exact) mass is 1100 g/mol. The van der Waals surface area contributed by atoms with Crippen LogP contribution in [0.5, 0.6) is 0 Å². The van der Waals surface area contributed by atoms with Crippen LogP contribution in [0, 0.1) is 0 Å². The van der Waals surface area contributed by atoms with E-state index < -0.39 is 6.10 Å². The van der Waals surface area contributed by atoms with Crippen LogP contribution in [0.4, 0.5) is 0 Å². The normalized spacial score (nSPS) is 12.6. The number of esters is 3. The van der Waals surface area contributed by atoms with E-state index >= 15 is 0 Å². The van der Waals surface area contributed by atoms with E-state index in [2.05, 4.69) is 106 Å². The zero-order chi connectivity index (χ0) is 57.1. The molecule has 1 unspecified atom stereocenters. The van der Waals surface area contributed by atoms with Crippen molar-refractivity contribution in [3.63, 3.8) is 0 Å². The maximum absolute atomic E-state index is 12.9. The highest BCUT2D eigenvalue weighted by Crippen LogP contribution is 2.18. The van der Waals surface area contributed by atoms with Gasteiger partial charge < -0.3 is 14.2 Å². The van der Waals surface area contributed by atoms with Gasteiger partial charge in [0, 0.05) is 19.3 Å². The Balaban J connectivity index is 4.33. The van der Waals surface area contributed by atoms with Crippen molar-refractivity contribution in [2.75, 3.05) is 13.2 Å². The van der Waals surface area contributed by atoms with Crippen LogP contribution >= 0.6 is 0 Å². The molecule has 0 aromatic carbocycles. The first kappa shape index (κ1) is 75.6. The summed E-state index contributed by atoms with van der Waals surface area (Å²) in [5.41, 5.74) is 0. The molecule has 0 rings (SSSR count). The Morgan fingerprint density at radius 1 is 0.266 bits per heavy atom. The van der Waals surface area contributed by atoms with Gasteiger partial charge in [-0.05, 0) is 77.0 Å². The Morgan fingerprint density at radius 3 is 0.772 bits per heavy atom. The lowest BCUT2D eigenvalue weighted by Gasteiger charge is -2.18. The second-order valence-corrected chi connectivity index (χ2v) is 22.7. The average molecular weight is 1100 g/mol. The molecule has 0 saturated carbocycles. The summed E-state index contributed by atoms with van der Waals surface area (Å²) in [6.45, 7) is 6.54. The average Bonchev–Trinajstić information content (AvgIpc) is 3.45. The topological polar surface area (TPSA) is 78.9 Å². The number of carbonyl (C=O) groups is 3. The van der Waals surface area contributed by atoms with Gasteiger partial charge in [-0.15, -0.1) is 0 Å². The third-order valence-corrected chi connectivity index (χ3v) is 14.9. The molecule has 0 saturated heterocycles.